The lowest BCUT2D eigenvalue weighted by atomic mass is 10.2. The number of hydrogen-bond acceptors (Lipinski definition) is 5. The van der Waals surface area contributed by atoms with Crippen molar-refractivity contribution < 1.29 is 19.4 Å². The molecule has 2 aromatic rings. The number of aromatic carboxylic acids is 1. The Hall–Kier alpha value is -2.96. The van der Waals surface area contributed by atoms with Crippen LogP contribution in [-0.4, -0.2) is 34.1 Å². The van der Waals surface area contributed by atoms with Crippen LogP contribution < -0.4 is 10.1 Å². The highest BCUT2D eigenvalue weighted by atomic mass is 16.5. The van der Waals surface area contributed by atoms with Gasteiger partial charge in [0, 0.05) is 24.1 Å². The lowest BCUT2D eigenvalue weighted by Gasteiger charge is -2.08. The van der Waals surface area contributed by atoms with Crippen LogP contribution in [0.2, 0.25) is 0 Å². The van der Waals surface area contributed by atoms with Gasteiger partial charge in [-0.3, -0.25) is 9.78 Å². The first kappa shape index (κ1) is 13.5. The summed E-state index contributed by atoms with van der Waals surface area (Å²) in [6, 6.07) is 4.26. The maximum absolute atomic E-state index is 11.9. The number of nitrogens with zero attached hydrogens (tertiary/aromatic N) is 2. The minimum atomic E-state index is -1.10. The van der Waals surface area contributed by atoms with Gasteiger partial charge in [-0.05, 0) is 12.1 Å². The van der Waals surface area contributed by atoms with Crippen LogP contribution in [-0.2, 0) is 0 Å². The van der Waals surface area contributed by atoms with Crippen LogP contribution in [0, 0.1) is 0 Å². The number of carboxylic acid groups (broad SMARTS) is 1. The van der Waals surface area contributed by atoms with Gasteiger partial charge < -0.3 is 15.2 Å². The van der Waals surface area contributed by atoms with Gasteiger partial charge in [-0.2, -0.15) is 0 Å². The number of carbonyl (C=O) groups excluding carboxylic acids is 1. The first-order valence-corrected chi connectivity index (χ1v) is 5.60. The number of aromatic nitrogens is 2. The Morgan fingerprint density at radius 1 is 1.30 bits per heavy atom. The topological polar surface area (TPSA) is 101 Å². The number of ether oxygens (including phenoxy) is 1. The maximum atomic E-state index is 11.9. The van der Waals surface area contributed by atoms with Gasteiger partial charge in [0.05, 0.1) is 13.3 Å². The highest BCUT2D eigenvalue weighted by Gasteiger charge is 2.13. The second kappa shape index (κ2) is 5.79. The van der Waals surface area contributed by atoms with Crippen LogP contribution in [0.15, 0.2) is 36.8 Å². The molecule has 0 radical (unpaired) electrons. The molecule has 0 saturated heterocycles. The lowest BCUT2D eigenvalue weighted by Crippen LogP contribution is -2.14. The average molecular weight is 273 g/mol. The van der Waals surface area contributed by atoms with Crippen molar-refractivity contribution in [3.8, 4) is 5.75 Å². The molecule has 0 unspecified atom stereocenters. The highest BCUT2D eigenvalue weighted by Crippen LogP contribution is 2.23. The molecule has 1 aromatic carbocycles. The molecule has 1 heterocycles. The number of rotatable bonds is 4. The summed E-state index contributed by atoms with van der Waals surface area (Å²) >= 11 is 0. The molecule has 0 aliphatic heterocycles. The van der Waals surface area contributed by atoms with Crippen molar-refractivity contribution in [2.24, 2.45) is 0 Å². The van der Waals surface area contributed by atoms with E-state index in [1.807, 2.05) is 0 Å². The first-order chi connectivity index (χ1) is 9.61. The molecule has 7 heteroatoms. The smallest absolute Gasteiger partial charge is 0.339 e. The van der Waals surface area contributed by atoms with E-state index >= 15 is 0 Å². The molecule has 2 N–H and O–H groups in total. The van der Waals surface area contributed by atoms with E-state index in [-0.39, 0.29) is 17.0 Å². The number of benzene rings is 1. The quantitative estimate of drug-likeness (QED) is 0.873. The molecule has 1 aromatic heterocycles. The fourth-order valence-electron chi connectivity index (χ4n) is 1.56. The summed E-state index contributed by atoms with van der Waals surface area (Å²) in [6.07, 6.45) is 4.20. The highest BCUT2D eigenvalue weighted by molar-refractivity contribution is 6.03. The van der Waals surface area contributed by atoms with Crippen LogP contribution in [0.4, 0.5) is 5.69 Å². The number of carboxylic acids is 1. The van der Waals surface area contributed by atoms with Crippen molar-refractivity contribution in [3.63, 3.8) is 0 Å². The van der Waals surface area contributed by atoms with E-state index < -0.39 is 11.9 Å². The molecule has 0 aliphatic rings. The van der Waals surface area contributed by atoms with Crippen LogP contribution in [0.1, 0.15) is 20.8 Å². The van der Waals surface area contributed by atoms with E-state index in [9.17, 15) is 9.59 Å². The Balaban J connectivity index is 2.22. The molecular formula is C13H11N3O4. The van der Waals surface area contributed by atoms with Gasteiger partial charge in [0.2, 0.25) is 0 Å². The van der Waals surface area contributed by atoms with E-state index in [1.54, 1.807) is 0 Å². The van der Waals surface area contributed by atoms with Gasteiger partial charge in [0.25, 0.3) is 5.91 Å². The zero-order valence-corrected chi connectivity index (χ0v) is 10.5. The number of hydrogen-bond donors (Lipinski definition) is 2. The maximum Gasteiger partial charge on any atom is 0.339 e. The second-order valence-electron chi connectivity index (χ2n) is 3.76. The normalized spacial score (nSPS) is 9.85. The third-order valence-electron chi connectivity index (χ3n) is 2.49. The van der Waals surface area contributed by atoms with Gasteiger partial charge in [0.1, 0.15) is 17.0 Å². The van der Waals surface area contributed by atoms with E-state index in [1.165, 1.54) is 43.9 Å². The number of anilines is 1. The van der Waals surface area contributed by atoms with Gasteiger partial charge in [-0.1, -0.05) is 0 Å². The predicted molar refractivity (Wildman–Crippen MR) is 69.9 cm³/mol. The number of amides is 1. The summed E-state index contributed by atoms with van der Waals surface area (Å²) in [6.45, 7) is 0. The third kappa shape index (κ3) is 2.89. The molecule has 2 rings (SSSR count). The summed E-state index contributed by atoms with van der Waals surface area (Å²) < 4.78 is 4.97. The third-order valence-corrected chi connectivity index (χ3v) is 2.49. The fraction of sp³-hybridized carbons (Fsp3) is 0.0769. The molecule has 7 nitrogen and oxygen atoms in total. The molecular weight excluding hydrogens is 262 g/mol. The number of nitrogens with one attached hydrogen (secondary N) is 1. The first-order valence-electron chi connectivity index (χ1n) is 5.60. The minimum Gasteiger partial charge on any atom is -0.496 e. The van der Waals surface area contributed by atoms with Gasteiger partial charge in [-0.15, -0.1) is 0 Å². The summed E-state index contributed by atoms with van der Waals surface area (Å²) in [7, 11) is 1.36. The molecule has 0 saturated carbocycles. The van der Waals surface area contributed by atoms with Crippen molar-refractivity contribution in [3.05, 3.63) is 48.0 Å². The Kier molecular flexibility index (Phi) is 3.90. The SMILES string of the molecule is COc1cc(NC(=O)c2cnccn2)ccc1C(=O)O. The Morgan fingerprint density at radius 3 is 2.70 bits per heavy atom. The zero-order valence-electron chi connectivity index (χ0n) is 10.5. The Morgan fingerprint density at radius 2 is 2.10 bits per heavy atom. The Bertz CT molecular complexity index is 643. The van der Waals surface area contributed by atoms with Gasteiger partial charge in [0.15, 0.2) is 0 Å². The molecule has 20 heavy (non-hydrogen) atoms. The zero-order chi connectivity index (χ0) is 14.5. The molecule has 102 valence electrons. The summed E-state index contributed by atoms with van der Waals surface area (Å²) in [5.41, 5.74) is 0.585. The molecule has 0 spiro atoms. The van der Waals surface area contributed by atoms with E-state index in [2.05, 4.69) is 15.3 Å². The van der Waals surface area contributed by atoms with Crippen LogP contribution in [0.3, 0.4) is 0 Å². The number of carbonyl (C=O) groups is 2. The molecule has 0 aliphatic carbocycles. The van der Waals surface area contributed by atoms with Crippen LogP contribution in [0.25, 0.3) is 0 Å². The lowest BCUT2D eigenvalue weighted by molar-refractivity contribution is 0.0693. The van der Waals surface area contributed by atoms with Gasteiger partial charge in [-0.25, -0.2) is 9.78 Å². The van der Waals surface area contributed by atoms with E-state index in [4.69, 9.17) is 9.84 Å². The predicted octanol–water partition coefficient (Wildman–Crippen LogP) is 1.44. The summed E-state index contributed by atoms with van der Waals surface area (Å²) in [4.78, 5) is 30.5. The van der Waals surface area contributed by atoms with Crippen molar-refractivity contribution >= 4 is 17.6 Å². The molecule has 0 bridgehead atoms. The monoisotopic (exact) mass is 273 g/mol. The molecule has 1 amide bonds. The molecule has 0 atom stereocenters. The largest absolute Gasteiger partial charge is 0.496 e. The van der Waals surface area contributed by atoms with Crippen molar-refractivity contribution in [2.45, 2.75) is 0 Å². The van der Waals surface area contributed by atoms with Crippen molar-refractivity contribution in [1.82, 2.24) is 9.97 Å². The average Bonchev–Trinajstić information content (AvgIpc) is 2.47. The molecule has 0 fully saturated rings. The summed E-state index contributed by atoms with van der Waals surface area (Å²) in [5, 5.41) is 11.5. The number of methoxy groups -OCH3 is 1. The fourth-order valence-corrected chi connectivity index (χ4v) is 1.56. The van der Waals surface area contributed by atoms with E-state index in [0.717, 1.165) is 0 Å². The van der Waals surface area contributed by atoms with Crippen molar-refractivity contribution in [2.75, 3.05) is 12.4 Å². The van der Waals surface area contributed by atoms with Crippen LogP contribution in [0.5, 0.6) is 5.75 Å². The Labute approximate surface area is 114 Å². The van der Waals surface area contributed by atoms with E-state index in [0.29, 0.717) is 5.69 Å². The minimum absolute atomic E-state index is 0.0185. The standard InChI is InChI=1S/C13H11N3O4/c1-20-11-6-8(2-3-9(11)13(18)19)16-12(17)10-7-14-4-5-15-10/h2-7H,1H3,(H,16,17)(H,18,19). The van der Waals surface area contributed by atoms with Crippen molar-refractivity contribution in [1.29, 1.82) is 0 Å². The van der Waals surface area contributed by atoms with Gasteiger partial charge >= 0.3 is 5.97 Å². The summed E-state index contributed by atoms with van der Waals surface area (Å²) in [5.74, 6) is -1.38. The second-order valence-corrected chi connectivity index (χ2v) is 3.76. The van der Waals surface area contributed by atoms with Crippen LogP contribution >= 0.6 is 0 Å².